The Labute approximate surface area is 210 Å². The number of aryl methyl sites for hydroxylation is 1. The molecule has 174 valence electrons. The Hall–Kier alpha value is -3.07. The zero-order valence-corrected chi connectivity index (χ0v) is 20.8. The first-order valence-electron chi connectivity index (χ1n) is 10.3. The van der Waals surface area contributed by atoms with Gasteiger partial charge in [-0.25, -0.2) is 9.79 Å². The maximum absolute atomic E-state index is 12.6. The second kappa shape index (κ2) is 9.66. The Morgan fingerprint density at radius 2 is 1.94 bits per heavy atom. The van der Waals surface area contributed by atoms with E-state index in [0.29, 0.717) is 54.5 Å². The third-order valence-corrected chi connectivity index (χ3v) is 6.67. The maximum Gasteiger partial charge on any atom is 0.339 e. The van der Waals surface area contributed by atoms with E-state index in [0.717, 1.165) is 5.56 Å². The van der Waals surface area contributed by atoms with E-state index < -0.39 is 5.97 Å². The van der Waals surface area contributed by atoms with Crippen molar-refractivity contribution in [2.75, 3.05) is 19.0 Å². The van der Waals surface area contributed by atoms with Crippen molar-refractivity contribution in [3.8, 4) is 0 Å². The largest absolute Gasteiger partial charge is 0.478 e. The quantitative estimate of drug-likeness (QED) is 0.420. The predicted molar refractivity (Wildman–Crippen MR) is 140 cm³/mol. The molecule has 1 amide bonds. The normalized spacial score (nSPS) is 15.9. The molecule has 1 aromatic heterocycles. The summed E-state index contributed by atoms with van der Waals surface area (Å²) in [6.45, 7) is 1.88. The summed E-state index contributed by atoms with van der Waals surface area (Å²) in [6, 6.07) is 10.6. The highest BCUT2D eigenvalue weighted by Crippen LogP contribution is 2.36. The van der Waals surface area contributed by atoms with Crippen molar-refractivity contribution in [2.45, 2.75) is 13.3 Å². The van der Waals surface area contributed by atoms with Crippen LogP contribution in [0.2, 0.25) is 10.0 Å². The fourth-order valence-electron chi connectivity index (χ4n) is 3.68. The molecule has 2 aromatic carbocycles. The van der Waals surface area contributed by atoms with Crippen molar-refractivity contribution >= 4 is 80.4 Å². The lowest BCUT2D eigenvalue weighted by molar-refractivity contribution is -0.115. The number of nitrogens with zero attached hydrogens (tertiary/aromatic N) is 3. The number of aromatic nitrogens is 1. The van der Waals surface area contributed by atoms with E-state index in [4.69, 9.17) is 23.2 Å². The van der Waals surface area contributed by atoms with E-state index in [1.807, 2.05) is 25.1 Å². The summed E-state index contributed by atoms with van der Waals surface area (Å²) in [5.74, 6) is -1.32. The van der Waals surface area contributed by atoms with Crippen LogP contribution in [0.15, 0.2) is 46.3 Å². The number of carbonyl (C=O) groups excluding carboxylic acids is 1. The molecule has 2 heterocycles. The molecular weight excluding hydrogens is 495 g/mol. The van der Waals surface area contributed by atoms with Gasteiger partial charge in [0.15, 0.2) is 5.17 Å². The summed E-state index contributed by atoms with van der Waals surface area (Å²) in [4.78, 5) is 35.8. The number of carboxylic acids is 1. The van der Waals surface area contributed by atoms with Crippen LogP contribution in [0.3, 0.4) is 0 Å². The minimum absolute atomic E-state index is 0.184. The Kier molecular flexibility index (Phi) is 6.84. The number of carboxylic acid groups (broad SMARTS) is 1. The molecule has 7 nitrogen and oxygen atoms in total. The average Bonchev–Trinajstić information content (AvgIpc) is 3.13. The van der Waals surface area contributed by atoms with Crippen LogP contribution in [-0.4, -0.2) is 41.2 Å². The average molecular weight is 515 g/mol. The highest BCUT2D eigenvalue weighted by atomic mass is 35.5. The molecule has 4 rings (SSSR count). The SMILES string of the molecule is CCc1nc2ccc(C=C3SC(=Nc4c(Cl)cccc4Cl)NC3=O)cc2c(N(C)C)c1C(=O)O. The van der Waals surface area contributed by atoms with Crippen LogP contribution in [-0.2, 0) is 11.2 Å². The number of para-hydroxylation sites is 1. The zero-order chi connectivity index (χ0) is 24.6. The van der Waals surface area contributed by atoms with Gasteiger partial charge in [0.2, 0.25) is 0 Å². The molecular formula is C24H20Cl2N4O3S. The zero-order valence-electron chi connectivity index (χ0n) is 18.5. The second-order valence-electron chi connectivity index (χ2n) is 7.66. The second-order valence-corrected chi connectivity index (χ2v) is 9.51. The Balaban J connectivity index is 1.77. The molecule has 34 heavy (non-hydrogen) atoms. The third-order valence-electron chi connectivity index (χ3n) is 5.15. The number of aliphatic imine (C=N–C) groups is 1. The standard InChI is InChI=1S/C24H20Cl2N4O3S/c1-4-16-19(23(32)33)21(30(2)3)13-10-12(8-9-17(13)27-16)11-18-22(31)29-24(34-18)28-20-14(25)6-5-7-15(20)26/h5-11H,4H2,1-3H3,(H,32,33)(H,28,29,31). The van der Waals surface area contributed by atoms with E-state index in [1.165, 1.54) is 11.8 Å². The number of fused-ring (bicyclic) bond motifs is 1. The lowest BCUT2D eigenvalue weighted by Gasteiger charge is -2.20. The van der Waals surface area contributed by atoms with Crippen LogP contribution in [0.4, 0.5) is 11.4 Å². The molecule has 1 aliphatic rings. The van der Waals surface area contributed by atoms with Gasteiger partial charge in [-0.3, -0.25) is 9.78 Å². The number of nitrogens with one attached hydrogen (secondary N) is 1. The number of rotatable bonds is 5. The van der Waals surface area contributed by atoms with Crippen LogP contribution in [0.25, 0.3) is 17.0 Å². The first-order valence-corrected chi connectivity index (χ1v) is 11.9. The van der Waals surface area contributed by atoms with Gasteiger partial charge >= 0.3 is 5.97 Å². The lowest BCUT2D eigenvalue weighted by Crippen LogP contribution is -2.19. The molecule has 1 fully saturated rings. The molecule has 0 radical (unpaired) electrons. The highest BCUT2D eigenvalue weighted by molar-refractivity contribution is 8.18. The molecule has 0 spiro atoms. The van der Waals surface area contributed by atoms with Crippen LogP contribution in [0, 0.1) is 0 Å². The third kappa shape index (κ3) is 4.61. The lowest BCUT2D eigenvalue weighted by atomic mass is 10.0. The molecule has 0 bridgehead atoms. The number of carbonyl (C=O) groups is 2. The maximum atomic E-state index is 12.6. The Morgan fingerprint density at radius 3 is 2.56 bits per heavy atom. The van der Waals surface area contributed by atoms with Gasteiger partial charge in [0.05, 0.1) is 31.8 Å². The highest BCUT2D eigenvalue weighted by Gasteiger charge is 2.25. The molecule has 0 unspecified atom stereocenters. The topological polar surface area (TPSA) is 94.9 Å². The number of hydrogen-bond donors (Lipinski definition) is 2. The summed E-state index contributed by atoms with van der Waals surface area (Å²) in [7, 11) is 3.60. The number of aromatic carboxylic acids is 1. The van der Waals surface area contributed by atoms with Gasteiger partial charge in [-0.1, -0.05) is 42.3 Å². The number of benzene rings is 2. The fraction of sp³-hybridized carbons (Fsp3) is 0.167. The van der Waals surface area contributed by atoms with Crippen LogP contribution >= 0.6 is 35.0 Å². The first-order chi connectivity index (χ1) is 16.2. The van der Waals surface area contributed by atoms with Gasteiger partial charge in [0, 0.05) is 19.5 Å². The Bertz CT molecular complexity index is 1380. The smallest absolute Gasteiger partial charge is 0.339 e. The molecule has 1 aliphatic heterocycles. The summed E-state index contributed by atoms with van der Waals surface area (Å²) in [5.41, 5.74) is 3.09. The van der Waals surface area contributed by atoms with Crippen molar-refractivity contribution in [3.63, 3.8) is 0 Å². The van der Waals surface area contributed by atoms with E-state index in [1.54, 1.807) is 43.3 Å². The molecule has 10 heteroatoms. The number of pyridine rings is 1. The minimum Gasteiger partial charge on any atom is -0.478 e. The number of halogens is 2. The van der Waals surface area contributed by atoms with E-state index in [-0.39, 0.29) is 11.5 Å². The fourth-order valence-corrected chi connectivity index (χ4v) is 4.99. The molecule has 0 saturated carbocycles. The van der Waals surface area contributed by atoms with Crippen LogP contribution < -0.4 is 10.2 Å². The van der Waals surface area contributed by atoms with Gasteiger partial charge < -0.3 is 15.3 Å². The summed E-state index contributed by atoms with van der Waals surface area (Å²) in [6.07, 6.45) is 2.22. The molecule has 1 saturated heterocycles. The number of hydrogen-bond acceptors (Lipinski definition) is 6. The summed E-state index contributed by atoms with van der Waals surface area (Å²) < 4.78 is 0. The summed E-state index contributed by atoms with van der Waals surface area (Å²) in [5, 5.41) is 14.4. The van der Waals surface area contributed by atoms with E-state index >= 15 is 0 Å². The minimum atomic E-state index is -1.02. The monoisotopic (exact) mass is 514 g/mol. The van der Waals surface area contributed by atoms with Gasteiger partial charge in [-0.2, -0.15) is 0 Å². The summed E-state index contributed by atoms with van der Waals surface area (Å²) >= 11 is 13.5. The van der Waals surface area contributed by atoms with Gasteiger partial charge in [-0.15, -0.1) is 0 Å². The van der Waals surface area contributed by atoms with Crippen molar-refractivity contribution in [1.82, 2.24) is 10.3 Å². The van der Waals surface area contributed by atoms with Gasteiger partial charge in [-0.05, 0) is 54.1 Å². The first kappa shape index (κ1) is 24.1. The number of anilines is 1. The van der Waals surface area contributed by atoms with Crippen LogP contribution in [0.1, 0.15) is 28.5 Å². The van der Waals surface area contributed by atoms with Gasteiger partial charge in [0.1, 0.15) is 11.3 Å². The molecule has 2 N–H and O–H groups in total. The molecule has 3 aromatic rings. The molecule has 0 atom stereocenters. The van der Waals surface area contributed by atoms with Crippen molar-refractivity contribution in [1.29, 1.82) is 0 Å². The van der Waals surface area contributed by atoms with Crippen molar-refractivity contribution < 1.29 is 14.7 Å². The number of amidine groups is 1. The van der Waals surface area contributed by atoms with Crippen molar-refractivity contribution in [2.24, 2.45) is 4.99 Å². The molecule has 0 aliphatic carbocycles. The predicted octanol–water partition coefficient (Wildman–Crippen LogP) is 5.76. The Morgan fingerprint density at radius 1 is 1.24 bits per heavy atom. The van der Waals surface area contributed by atoms with Crippen LogP contribution in [0.5, 0.6) is 0 Å². The van der Waals surface area contributed by atoms with E-state index in [9.17, 15) is 14.7 Å². The van der Waals surface area contributed by atoms with E-state index in [2.05, 4.69) is 15.3 Å². The van der Waals surface area contributed by atoms with Crippen molar-refractivity contribution in [3.05, 3.63) is 68.2 Å². The van der Waals surface area contributed by atoms with Gasteiger partial charge in [0.25, 0.3) is 5.91 Å². The number of amides is 1. The number of thioether (sulfide) groups is 1.